The van der Waals surface area contributed by atoms with Gasteiger partial charge in [0, 0.05) is 31.9 Å². The van der Waals surface area contributed by atoms with Gasteiger partial charge >= 0.3 is 0 Å². The number of benzene rings is 2. The lowest BCUT2D eigenvalue weighted by Crippen LogP contribution is -2.49. The molecule has 1 aliphatic rings. The Morgan fingerprint density at radius 1 is 1.06 bits per heavy atom. The molecule has 2 aromatic heterocycles. The summed E-state index contributed by atoms with van der Waals surface area (Å²) >= 11 is 1.53. The highest BCUT2D eigenvalue weighted by atomic mass is 32.2. The van der Waals surface area contributed by atoms with Gasteiger partial charge in [-0.2, -0.15) is 5.26 Å². The van der Waals surface area contributed by atoms with Crippen molar-refractivity contribution in [3.63, 3.8) is 0 Å². The second-order valence-corrected chi connectivity index (χ2v) is 9.10. The number of imidazole rings is 1. The second-order valence-electron chi connectivity index (χ2n) is 8.10. The molecule has 3 heterocycles. The van der Waals surface area contributed by atoms with E-state index in [2.05, 4.69) is 23.1 Å². The maximum Gasteiger partial charge on any atom is 0.233 e. The van der Waals surface area contributed by atoms with Crippen LogP contribution in [0.1, 0.15) is 18.1 Å². The molecule has 6 nitrogen and oxygen atoms in total. The van der Waals surface area contributed by atoms with Gasteiger partial charge in [0.15, 0.2) is 5.65 Å². The molecule has 1 fully saturated rings. The van der Waals surface area contributed by atoms with Crippen LogP contribution in [-0.4, -0.2) is 52.1 Å². The first kappa shape index (κ1) is 21.4. The largest absolute Gasteiger partial charge is 0.368 e. The molecule has 7 heteroatoms. The highest BCUT2D eigenvalue weighted by Crippen LogP contribution is 2.30. The van der Waals surface area contributed by atoms with Gasteiger partial charge in [-0.25, -0.2) is 4.98 Å². The van der Waals surface area contributed by atoms with Gasteiger partial charge in [-0.3, -0.25) is 9.20 Å². The monoisotopic (exact) mass is 455 g/mol. The number of rotatable bonds is 5. The number of thioether (sulfide) groups is 1. The van der Waals surface area contributed by atoms with E-state index in [-0.39, 0.29) is 5.91 Å². The molecule has 1 saturated heterocycles. The first-order chi connectivity index (χ1) is 16.2. The summed E-state index contributed by atoms with van der Waals surface area (Å²) in [4.78, 5) is 22.1. The maximum atomic E-state index is 13.0. The summed E-state index contributed by atoms with van der Waals surface area (Å²) in [6.45, 7) is 5.18. The lowest BCUT2D eigenvalue weighted by atomic mass is 10.1. The quantitative estimate of drug-likeness (QED) is 0.418. The van der Waals surface area contributed by atoms with Crippen LogP contribution in [-0.2, 0) is 11.2 Å². The predicted molar refractivity (Wildman–Crippen MR) is 133 cm³/mol. The van der Waals surface area contributed by atoms with Crippen LogP contribution in [0.4, 0.5) is 5.69 Å². The van der Waals surface area contributed by atoms with E-state index in [1.165, 1.54) is 17.4 Å². The highest BCUT2D eigenvalue weighted by Gasteiger charge is 2.22. The number of fused-ring (bicyclic) bond motifs is 3. The van der Waals surface area contributed by atoms with Gasteiger partial charge in [0.25, 0.3) is 0 Å². The number of hydrogen-bond acceptors (Lipinski definition) is 5. The third kappa shape index (κ3) is 4.03. The third-order valence-electron chi connectivity index (χ3n) is 6.21. The van der Waals surface area contributed by atoms with Gasteiger partial charge < -0.3 is 9.80 Å². The summed E-state index contributed by atoms with van der Waals surface area (Å²) in [5.74, 6) is 0.509. The fourth-order valence-corrected chi connectivity index (χ4v) is 5.43. The van der Waals surface area contributed by atoms with E-state index in [9.17, 15) is 10.1 Å². The molecule has 33 heavy (non-hydrogen) atoms. The van der Waals surface area contributed by atoms with Crippen LogP contribution in [0, 0.1) is 11.3 Å². The lowest BCUT2D eigenvalue weighted by molar-refractivity contribution is -0.128. The van der Waals surface area contributed by atoms with Gasteiger partial charge in [0.05, 0.1) is 27.4 Å². The Balaban J connectivity index is 1.35. The van der Waals surface area contributed by atoms with Crippen LogP contribution in [0.3, 0.4) is 0 Å². The van der Waals surface area contributed by atoms with E-state index in [0.29, 0.717) is 17.0 Å². The Morgan fingerprint density at radius 2 is 1.79 bits per heavy atom. The number of nitrogens with zero attached hydrogens (tertiary/aromatic N) is 5. The lowest BCUT2D eigenvalue weighted by Gasteiger charge is -2.36. The number of amides is 1. The van der Waals surface area contributed by atoms with Crippen LogP contribution in [0.2, 0.25) is 0 Å². The second kappa shape index (κ2) is 9.16. The van der Waals surface area contributed by atoms with Gasteiger partial charge in [-0.15, -0.1) is 0 Å². The van der Waals surface area contributed by atoms with Crippen LogP contribution >= 0.6 is 11.8 Å². The van der Waals surface area contributed by atoms with Crippen molar-refractivity contribution in [2.45, 2.75) is 18.4 Å². The van der Waals surface area contributed by atoms with Crippen molar-refractivity contribution in [1.29, 1.82) is 5.26 Å². The van der Waals surface area contributed by atoms with E-state index in [1.807, 2.05) is 64.8 Å². The molecule has 0 saturated carbocycles. The van der Waals surface area contributed by atoms with Crippen molar-refractivity contribution in [1.82, 2.24) is 14.3 Å². The summed E-state index contributed by atoms with van der Waals surface area (Å²) in [5.41, 5.74) is 5.26. The Hall–Kier alpha value is -3.50. The van der Waals surface area contributed by atoms with Crippen molar-refractivity contribution < 1.29 is 4.79 Å². The third-order valence-corrected chi connectivity index (χ3v) is 7.20. The summed E-state index contributed by atoms with van der Waals surface area (Å²) in [6.07, 6.45) is 0.742. The number of nitriles is 1. The molecule has 0 unspecified atom stereocenters. The van der Waals surface area contributed by atoms with E-state index >= 15 is 0 Å². The molecule has 0 spiro atoms. The average Bonchev–Trinajstić information content (AvgIpc) is 3.27. The Kier molecular flexibility index (Phi) is 5.93. The molecule has 0 bridgehead atoms. The van der Waals surface area contributed by atoms with E-state index in [1.54, 1.807) is 0 Å². The number of para-hydroxylation sites is 3. The number of pyridine rings is 1. The number of carbonyl (C=O) groups excluding carboxylic acids is 1. The molecule has 1 amide bonds. The minimum atomic E-state index is 0.146. The Morgan fingerprint density at radius 3 is 2.52 bits per heavy atom. The van der Waals surface area contributed by atoms with E-state index in [0.717, 1.165) is 54.2 Å². The first-order valence-corrected chi connectivity index (χ1v) is 12.2. The van der Waals surface area contributed by atoms with Crippen LogP contribution in [0.5, 0.6) is 0 Å². The molecule has 0 atom stereocenters. The van der Waals surface area contributed by atoms with Crippen molar-refractivity contribution in [3.05, 3.63) is 71.8 Å². The minimum Gasteiger partial charge on any atom is -0.368 e. The Bertz CT molecular complexity index is 1350. The number of anilines is 1. The van der Waals surface area contributed by atoms with Gasteiger partial charge in [-0.05, 0) is 42.3 Å². The number of carbonyl (C=O) groups is 1. The zero-order valence-corrected chi connectivity index (χ0v) is 19.4. The SMILES string of the molecule is CCc1cc(SCC(=O)N2CCN(c3ccccc3)CC2)n2c(nc3ccccc32)c1C#N. The van der Waals surface area contributed by atoms with Crippen molar-refractivity contribution in [3.8, 4) is 6.07 Å². The van der Waals surface area contributed by atoms with Crippen LogP contribution < -0.4 is 4.90 Å². The molecule has 1 aliphatic heterocycles. The summed E-state index contributed by atoms with van der Waals surface area (Å²) in [7, 11) is 0. The normalized spacial score (nSPS) is 14.1. The van der Waals surface area contributed by atoms with E-state index < -0.39 is 0 Å². The summed E-state index contributed by atoms with van der Waals surface area (Å²) in [5, 5.41) is 10.7. The fourth-order valence-electron chi connectivity index (χ4n) is 4.43. The number of aryl methyl sites for hydroxylation is 1. The molecule has 2 aromatic carbocycles. The topological polar surface area (TPSA) is 64.6 Å². The summed E-state index contributed by atoms with van der Waals surface area (Å²) < 4.78 is 2.03. The molecule has 4 aromatic rings. The molecule has 0 radical (unpaired) electrons. The highest BCUT2D eigenvalue weighted by molar-refractivity contribution is 7.99. The standard InChI is InChI=1S/C26H25N5OS/c1-2-19-16-25(31-23-11-7-6-10-22(23)28-26(31)21(19)17-27)33-18-24(32)30-14-12-29(13-15-30)20-8-4-3-5-9-20/h3-11,16H,2,12-15,18H2,1H3. The number of hydrogen-bond donors (Lipinski definition) is 0. The van der Waals surface area contributed by atoms with E-state index in [4.69, 9.17) is 4.98 Å². The van der Waals surface area contributed by atoms with Gasteiger partial charge in [-0.1, -0.05) is 49.0 Å². The van der Waals surface area contributed by atoms with Crippen LogP contribution in [0.25, 0.3) is 16.7 Å². The van der Waals surface area contributed by atoms with Crippen molar-refractivity contribution in [2.24, 2.45) is 0 Å². The zero-order chi connectivity index (χ0) is 22.8. The average molecular weight is 456 g/mol. The van der Waals surface area contributed by atoms with Crippen molar-refractivity contribution >= 4 is 40.0 Å². The zero-order valence-electron chi connectivity index (χ0n) is 18.6. The number of piperazine rings is 1. The molecular formula is C26H25N5OS. The van der Waals surface area contributed by atoms with Crippen molar-refractivity contribution in [2.75, 3.05) is 36.8 Å². The maximum absolute atomic E-state index is 13.0. The van der Waals surface area contributed by atoms with Gasteiger partial charge in [0.2, 0.25) is 5.91 Å². The van der Waals surface area contributed by atoms with Gasteiger partial charge in [0.1, 0.15) is 6.07 Å². The predicted octanol–water partition coefficient (Wildman–Crippen LogP) is 4.36. The molecule has 0 aliphatic carbocycles. The minimum absolute atomic E-state index is 0.146. The Labute approximate surface area is 197 Å². The molecule has 0 N–H and O–H groups in total. The first-order valence-electron chi connectivity index (χ1n) is 11.2. The molecule has 5 rings (SSSR count). The molecule has 166 valence electrons. The smallest absolute Gasteiger partial charge is 0.233 e. The van der Waals surface area contributed by atoms with Crippen LogP contribution in [0.15, 0.2) is 65.7 Å². The summed E-state index contributed by atoms with van der Waals surface area (Å²) in [6, 6.07) is 22.6. The fraction of sp³-hybridized carbons (Fsp3) is 0.269. The number of aromatic nitrogens is 2. The molecular weight excluding hydrogens is 430 g/mol.